The average molecular weight is 331 g/mol. The Morgan fingerprint density at radius 3 is 2.71 bits per heavy atom. The van der Waals surface area contributed by atoms with Gasteiger partial charge in [-0.3, -0.25) is 9.48 Å². The number of likely N-dealkylation sites (tertiary alicyclic amines) is 1. The number of nitrogens with zero attached hydrogens (tertiary/aromatic N) is 3. The largest absolute Gasteiger partial charge is 0.376 e. The molecule has 3 heterocycles. The lowest BCUT2D eigenvalue weighted by atomic mass is 10.1. The Kier molecular flexibility index (Phi) is 4.88. The summed E-state index contributed by atoms with van der Waals surface area (Å²) in [5, 5.41) is 4.87. The van der Waals surface area contributed by atoms with Gasteiger partial charge in [0.05, 0.1) is 18.9 Å². The predicted octanol–water partition coefficient (Wildman–Crippen LogP) is 2.70. The highest BCUT2D eigenvalue weighted by atomic mass is 16.5. The number of carbonyl (C=O) groups is 1. The van der Waals surface area contributed by atoms with Gasteiger partial charge in [0.2, 0.25) is 5.91 Å². The zero-order chi connectivity index (χ0) is 16.4. The van der Waals surface area contributed by atoms with Crippen LogP contribution in [0.3, 0.4) is 0 Å². The molecular formula is C19H29N3O2. The molecule has 5 heteroatoms. The molecule has 0 atom stereocenters. The second-order valence-corrected chi connectivity index (χ2v) is 7.60. The Hall–Kier alpha value is -1.36. The molecule has 1 amide bonds. The number of carbonyl (C=O) groups excluding carboxylic acids is 1. The molecule has 5 nitrogen and oxygen atoms in total. The van der Waals surface area contributed by atoms with Gasteiger partial charge < -0.3 is 9.64 Å². The van der Waals surface area contributed by atoms with Crippen LogP contribution in [0.5, 0.6) is 0 Å². The summed E-state index contributed by atoms with van der Waals surface area (Å²) >= 11 is 0. The van der Waals surface area contributed by atoms with Crippen LogP contribution in [0, 0.1) is 5.92 Å². The maximum Gasteiger partial charge on any atom is 0.222 e. The fourth-order valence-corrected chi connectivity index (χ4v) is 3.98. The molecule has 0 radical (unpaired) electrons. The highest BCUT2D eigenvalue weighted by molar-refractivity contribution is 5.76. The SMILES string of the molecule is O=C(CCc1nn(CC2CC2)c2c1COCC2)N1CCCCCC1. The number of aromatic nitrogens is 2. The summed E-state index contributed by atoms with van der Waals surface area (Å²) in [6.45, 7) is 4.41. The van der Waals surface area contributed by atoms with Crippen LogP contribution in [0.25, 0.3) is 0 Å². The van der Waals surface area contributed by atoms with E-state index in [0.717, 1.165) is 63.5 Å². The van der Waals surface area contributed by atoms with E-state index in [1.54, 1.807) is 0 Å². The van der Waals surface area contributed by atoms with Crippen LogP contribution in [-0.2, 0) is 35.5 Å². The second kappa shape index (κ2) is 7.26. The van der Waals surface area contributed by atoms with Gasteiger partial charge in [-0.2, -0.15) is 5.10 Å². The van der Waals surface area contributed by atoms with Crippen molar-refractivity contribution in [2.75, 3.05) is 19.7 Å². The maximum absolute atomic E-state index is 12.5. The topological polar surface area (TPSA) is 47.4 Å². The maximum atomic E-state index is 12.5. The lowest BCUT2D eigenvalue weighted by Crippen LogP contribution is -2.32. The Bertz CT molecular complexity index is 584. The quantitative estimate of drug-likeness (QED) is 0.833. The summed E-state index contributed by atoms with van der Waals surface area (Å²) in [6.07, 6.45) is 9.85. The van der Waals surface area contributed by atoms with Crippen LogP contribution in [0.4, 0.5) is 0 Å². The van der Waals surface area contributed by atoms with Gasteiger partial charge >= 0.3 is 0 Å². The van der Waals surface area contributed by atoms with Crippen molar-refractivity contribution in [1.29, 1.82) is 0 Å². The monoisotopic (exact) mass is 331 g/mol. The first kappa shape index (κ1) is 16.1. The van der Waals surface area contributed by atoms with Gasteiger partial charge in [0.25, 0.3) is 0 Å². The van der Waals surface area contributed by atoms with Crippen LogP contribution >= 0.6 is 0 Å². The third-order valence-electron chi connectivity index (χ3n) is 5.64. The van der Waals surface area contributed by atoms with E-state index >= 15 is 0 Å². The number of ether oxygens (including phenoxy) is 1. The minimum atomic E-state index is 0.305. The number of hydrogen-bond donors (Lipinski definition) is 0. The minimum Gasteiger partial charge on any atom is -0.376 e. The molecule has 1 aliphatic carbocycles. The number of fused-ring (bicyclic) bond motifs is 1. The Labute approximate surface area is 144 Å². The molecule has 2 fully saturated rings. The van der Waals surface area contributed by atoms with Gasteiger partial charge in [0.1, 0.15) is 0 Å². The smallest absolute Gasteiger partial charge is 0.222 e. The van der Waals surface area contributed by atoms with Crippen molar-refractivity contribution in [3.05, 3.63) is 17.0 Å². The Morgan fingerprint density at radius 2 is 1.96 bits per heavy atom. The molecule has 0 unspecified atom stereocenters. The zero-order valence-corrected chi connectivity index (χ0v) is 14.6. The Balaban J connectivity index is 1.41. The van der Waals surface area contributed by atoms with E-state index in [0.29, 0.717) is 18.9 Å². The van der Waals surface area contributed by atoms with Crippen molar-refractivity contribution in [2.24, 2.45) is 5.92 Å². The fourth-order valence-electron chi connectivity index (χ4n) is 3.98. The van der Waals surface area contributed by atoms with Gasteiger partial charge in [-0.1, -0.05) is 12.8 Å². The first-order chi connectivity index (χ1) is 11.8. The molecular weight excluding hydrogens is 302 g/mol. The van der Waals surface area contributed by atoms with Crippen molar-refractivity contribution in [3.8, 4) is 0 Å². The lowest BCUT2D eigenvalue weighted by molar-refractivity contribution is -0.131. The van der Waals surface area contributed by atoms with E-state index in [2.05, 4.69) is 9.58 Å². The van der Waals surface area contributed by atoms with Crippen LogP contribution in [0.2, 0.25) is 0 Å². The molecule has 0 bridgehead atoms. The first-order valence-corrected chi connectivity index (χ1v) is 9.74. The van der Waals surface area contributed by atoms with Gasteiger partial charge in [-0.05, 0) is 31.6 Å². The van der Waals surface area contributed by atoms with Crippen molar-refractivity contribution in [3.63, 3.8) is 0 Å². The third-order valence-corrected chi connectivity index (χ3v) is 5.64. The molecule has 1 saturated carbocycles. The molecule has 1 saturated heterocycles. The van der Waals surface area contributed by atoms with E-state index < -0.39 is 0 Å². The normalized spacial score (nSPS) is 21.4. The molecule has 0 N–H and O–H groups in total. The van der Waals surface area contributed by atoms with E-state index in [1.807, 2.05) is 0 Å². The van der Waals surface area contributed by atoms with Gasteiger partial charge in [0, 0.05) is 50.2 Å². The number of hydrogen-bond acceptors (Lipinski definition) is 3. The molecule has 0 spiro atoms. The van der Waals surface area contributed by atoms with E-state index in [4.69, 9.17) is 9.84 Å². The summed E-state index contributed by atoms with van der Waals surface area (Å²) in [5.74, 6) is 1.13. The van der Waals surface area contributed by atoms with Crippen LogP contribution < -0.4 is 0 Å². The molecule has 3 aliphatic rings. The number of aryl methyl sites for hydroxylation is 1. The van der Waals surface area contributed by atoms with Crippen LogP contribution in [0.1, 0.15) is 61.9 Å². The molecule has 1 aromatic heterocycles. The standard InChI is InChI=1S/C19H29N3O2/c23-19(21-10-3-1-2-4-11-21)8-7-17-16-14-24-12-9-18(16)22(20-17)13-15-5-6-15/h15H,1-14H2. The minimum absolute atomic E-state index is 0.305. The summed E-state index contributed by atoms with van der Waals surface area (Å²) < 4.78 is 7.89. The zero-order valence-electron chi connectivity index (χ0n) is 14.6. The summed E-state index contributed by atoms with van der Waals surface area (Å²) in [7, 11) is 0. The average Bonchev–Trinajstić information content (AvgIpc) is 3.39. The number of rotatable bonds is 5. The van der Waals surface area contributed by atoms with E-state index in [-0.39, 0.29) is 0 Å². The molecule has 132 valence electrons. The second-order valence-electron chi connectivity index (χ2n) is 7.60. The van der Waals surface area contributed by atoms with Gasteiger partial charge in [-0.15, -0.1) is 0 Å². The Morgan fingerprint density at radius 1 is 1.17 bits per heavy atom. The molecule has 2 aliphatic heterocycles. The highest BCUT2D eigenvalue weighted by Gasteiger charge is 2.27. The summed E-state index contributed by atoms with van der Waals surface area (Å²) in [5.41, 5.74) is 3.74. The van der Waals surface area contributed by atoms with Crippen LogP contribution in [0.15, 0.2) is 0 Å². The molecule has 1 aromatic rings. The molecule has 4 rings (SSSR count). The predicted molar refractivity (Wildman–Crippen MR) is 91.7 cm³/mol. The van der Waals surface area contributed by atoms with Crippen molar-refractivity contribution in [1.82, 2.24) is 14.7 Å². The first-order valence-electron chi connectivity index (χ1n) is 9.74. The van der Waals surface area contributed by atoms with Crippen molar-refractivity contribution >= 4 is 5.91 Å². The van der Waals surface area contributed by atoms with Crippen molar-refractivity contribution < 1.29 is 9.53 Å². The fraction of sp³-hybridized carbons (Fsp3) is 0.789. The van der Waals surface area contributed by atoms with Gasteiger partial charge in [-0.25, -0.2) is 0 Å². The summed E-state index contributed by atoms with van der Waals surface area (Å²) in [4.78, 5) is 14.6. The van der Waals surface area contributed by atoms with Crippen LogP contribution in [-0.4, -0.2) is 40.3 Å². The van der Waals surface area contributed by atoms with Crippen molar-refractivity contribution in [2.45, 2.75) is 70.9 Å². The molecule has 0 aromatic carbocycles. The molecule has 24 heavy (non-hydrogen) atoms. The van der Waals surface area contributed by atoms with Gasteiger partial charge in [0.15, 0.2) is 0 Å². The van der Waals surface area contributed by atoms with E-state index in [1.165, 1.54) is 36.9 Å². The van der Waals surface area contributed by atoms with E-state index in [9.17, 15) is 4.79 Å². The number of amides is 1. The third kappa shape index (κ3) is 3.66. The summed E-state index contributed by atoms with van der Waals surface area (Å²) in [6, 6.07) is 0. The lowest BCUT2D eigenvalue weighted by Gasteiger charge is -2.20. The highest BCUT2D eigenvalue weighted by Crippen LogP contribution is 2.32.